The summed E-state index contributed by atoms with van der Waals surface area (Å²) in [4.78, 5) is 11.2. The van der Waals surface area contributed by atoms with Crippen molar-refractivity contribution in [3.05, 3.63) is 35.9 Å². The van der Waals surface area contributed by atoms with Crippen molar-refractivity contribution in [3.63, 3.8) is 0 Å². The summed E-state index contributed by atoms with van der Waals surface area (Å²) in [6, 6.07) is 9.98. The van der Waals surface area contributed by atoms with Gasteiger partial charge in [-0.3, -0.25) is 4.79 Å². The first-order valence-electron chi connectivity index (χ1n) is 5.55. The van der Waals surface area contributed by atoms with E-state index < -0.39 is 0 Å². The summed E-state index contributed by atoms with van der Waals surface area (Å²) in [5, 5.41) is 0. The molecule has 0 radical (unpaired) electrons. The van der Waals surface area contributed by atoms with Crippen LogP contribution in [0.15, 0.2) is 30.3 Å². The van der Waals surface area contributed by atoms with Crippen LogP contribution in [0.5, 0.6) is 0 Å². The molecule has 86 valence electrons. The van der Waals surface area contributed by atoms with Gasteiger partial charge in [-0.25, -0.2) is 0 Å². The molecule has 1 aromatic carbocycles. The number of ether oxygens (including phenoxy) is 2. The molecule has 1 aromatic rings. The molecule has 16 heavy (non-hydrogen) atoms. The van der Waals surface area contributed by atoms with Crippen molar-refractivity contribution in [2.45, 2.75) is 32.2 Å². The molecule has 0 saturated carbocycles. The number of ketones is 1. The third-order valence-corrected chi connectivity index (χ3v) is 2.69. The van der Waals surface area contributed by atoms with E-state index in [2.05, 4.69) is 0 Å². The fourth-order valence-electron chi connectivity index (χ4n) is 1.78. The van der Waals surface area contributed by atoms with E-state index in [9.17, 15) is 4.79 Å². The predicted octanol–water partition coefficient (Wildman–Crippen LogP) is 1.95. The lowest BCUT2D eigenvalue weighted by atomic mass is 10.2. The van der Waals surface area contributed by atoms with Gasteiger partial charge >= 0.3 is 0 Å². The number of Topliss-reactive ketones (excluding diaryl/α,β-unsaturated/α-hetero) is 1. The minimum absolute atomic E-state index is 0.0637. The van der Waals surface area contributed by atoms with Crippen LogP contribution >= 0.6 is 0 Å². The maximum atomic E-state index is 11.2. The normalized spacial score (nSPS) is 24.9. The van der Waals surface area contributed by atoms with Crippen LogP contribution in [0.2, 0.25) is 0 Å². The van der Waals surface area contributed by atoms with Gasteiger partial charge in [0.05, 0.1) is 19.3 Å². The van der Waals surface area contributed by atoms with Crippen LogP contribution in [0.4, 0.5) is 0 Å². The maximum Gasteiger partial charge on any atom is 0.163 e. The molecule has 0 unspecified atom stereocenters. The second-order valence-electron chi connectivity index (χ2n) is 4.07. The van der Waals surface area contributed by atoms with Crippen LogP contribution < -0.4 is 0 Å². The Morgan fingerprint density at radius 2 is 2.12 bits per heavy atom. The molecular weight excluding hydrogens is 204 g/mol. The van der Waals surface area contributed by atoms with E-state index >= 15 is 0 Å². The summed E-state index contributed by atoms with van der Waals surface area (Å²) in [5.41, 5.74) is 1.14. The Balaban J connectivity index is 1.71. The van der Waals surface area contributed by atoms with E-state index in [1.165, 1.54) is 0 Å². The standard InChI is InChI=1S/C13H16O3/c1-10-13(14)7-12(16-10)9-15-8-11-5-3-2-4-6-11/h2-6,10,12H,7-9H2,1H3/t10-,12-/m0/s1. The van der Waals surface area contributed by atoms with Gasteiger partial charge in [0.2, 0.25) is 0 Å². The van der Waals surface area contributed by atoms with Gasteiger partial charge in [-0.05, 0) is 12.5 Å². The highest BCUT2D eigenvalue weighted by atomic mass is 16.5. The molecule has 0 spiro atoms. The molecule has 0 amide bonds. The molecule has 0 aliphatic carbocycles. The van der Waals surface area contributed by atoms with E-state index in [-0.39, 0.29) is 18.0 Å². The zero-order valence-electron chi connectivity index (χ0n) is 9.39. The molecule has 1 fully saturated rings. The highest BCUT2D eigenvalue weighted by Gasteiger charge is 2.29. The Labute approximate surface area is 95.4 Å². The van der Waals surface area contributed by atoms with Gasteiger partial charge in [0.25, 0.3) is 0 Å². The number of rotatable bonds is 4. The van der Waals surface area contributed by atoms with Crippen molar-refractivity contribution in [3.8, 4) is 0 Å². The summed E-state index contributed by atoms with van der Waals surface area (Å²) in [6.45, 7) is 2.85. The number of hydrogen-bond acceptors (Lipinski definition) is 3. The third kappa shape index (κ3) is 2.90. The zero-order valence-corrected chi connectivity index (χ0v) is 9.39. The second-order valence-corrected chi connectivity index (χ2v) is 4.07. The minimum atomic E-state index is -0.259. The van der Waals surface area contributed by atoms with Crippen LogP contribution in [0.25, 0.3) is 0 Å². The van der Waals surface area contributed by atoms with Gasteiger partial charge in [0, 0.05) is 6.42 Å². The van der Waals surface area contributed by atoms with Crippen molar-refractivity contribution >= 4 is 5.78 Å². The lowest BCUT2D eigenvalue weighted by molar-refractivity contribution is -0.121. The SMILES string of the molecule is C[C@@H]1O[C@H](COCc2ccccc2)CC1=O. The Bertz CT molecular complexity index is 347. The van der Waals surface area contributed by atoms with E-state index in [1.54, 1.807) is 6.92 Å². The Morgan fingerprint density at radius 1 is 1.38 bits per heavy atom. The van der Waals surface area contributed by atoms with Crippen LogP contribution in [0.1, 0.15) is 18.9 Å². The summed E-state index contributed by atoms with van der Waals surface area (Å²) in [6.07, 6.45) is 0.159. The van der Waals surface area contributed by atoms with Crippen molar-refractivity contribution in [1.82, 2.24) is 0 Å². The fraction of sp³-hybridized carbons (Fsp3) is 0.462. The molecule has 0 bridgehead atoms. The fourth-order valence-corrected chi connectivity index (χ4v) is 1.78. The smallest absolute Gasteiger partial charge is 0.163 e. The largest absolute Gasteiger partial charge is 0.374 e. The van der Waals surface area contributed by atoms with Crippen molar-refractivity contribution in [1.29, 1.82) is 0 Å². The first-order valence-corrected chi connectivity index (χ1v) is 5.55. The van der Waals surface area contributed by atoms with Crippen LogP contribution in [0.3, 0.4) is 0 Å². The first kappa shape index (κ1) is 11.3. The predicted molar refractivity (Wildman–Crippen MR) is 60.1 cm³/mol. The van der Waals surface area contributed by atoms with Crippen LogP contribution in [-0.2, 0) is 20.9 Å². The van der Waals surface area contributed by atoms with E-state index in [0.29, 0.717) is 19.6 Å². The molecule has 3 nitrogen and oxygen atoms in total. The van der Waals surface area contributed by atoms with E-state index in [0.717, 1.165) is 5.56 Å². The number of benzene rings is 1. The van der Waals surface area contributed by atoms with Crippen LogP contribution in [-0.4, -0.2) is 24.6 Å². The lowest BCUT2D eigenvalue weighted by Gasteiger charge is -2.10. The number of hydrogen-bond donors (Lipinski definition) is 0. The monoisotopic (exact) mass is 220 g/mol. The Hall–Kier alpha value is -1.19. The highest BCUT2D eigenvalue weighted by Crippen LogP contribution is 2.16. The topological polar surface area (TPSA) is 35.5 Å². The molecule has 0 N–H and O–H groups in total. The quantitative estimate of drug-likeness (QED) is 0.778. The van der Waals surface area contributed by atoms with E-state index in [4.69, 9.17) is 9.47 Å². The highest BCUT2D eigenvalue weighted by molar-refractivity contribution is 5.84. The maximum absolute atomic E-state index is 11.2. The second kappa shape index (κ2) is 5.23. The molecule has 1 heterocycles. The average Bonchev–Trinajstić information content (AvgIpc) is 2.60. The molecule has 1 saturated heterocycles. The zero-order chi connectivity index (χ0) is 11.4. The lowest BCUT2D eigenvalue weighted by Crippen LogP contribution is -2.15. The minimum Gasteiger partial charge on any atom is -0.374 e. The van der Waals surface area contributed by atoms with Gasteiger partial charge in [0.1, 0.15) is 6.10 Å². The Kier molecular flexibility index (Phi) is 3.70. The summed E-state index contributed by atoms with van der Waals surface area (Å²) >= 11 is 0. The van der Waals surface area contributed by atoms with E-state index in [1.807, 2.05) is 30.3 Å². The summed E-state index contributed by atoms with van der Waals surface area (Å²) in [7, 11) is 0. The summed E-state index contributed by atoms with van der Waals surface area (Å²) < 4.78 is 11.0. The molecule has 0 aromatic heterocycles. The van der Waals surface area contributed by atoms with Gasteiger partial charge < -0.3 is 9.47 Å². The molecule has 1 aliphatic rings. The Morgan fingerprint density at radius 3 is 2.75 bits per heavy atom. The van der Waals surface area contributed by atoms with Crippen molar-refractivity contribution in [2.75, 3.05) is 6.61 Å². The average molecular weight is 220 g/mol. The first-order chi connectivity index (χ1) is 7.75. The number of carbonyl (C=O) groups excluding carboxylic acids is 1. The van der Waals surface area contributed by atoms with Gasteiger partial charge in [-0.1, -0.05) is 30.3 Å². The molecule has 2 atom stereocenters. The van der Waals surface area contributed by atoms with Gasteiger partial charge in [0.15, 0.2) is 5.78 Å². The van der Waals surface area contributed by atoms with Crippen molar-refractivity contribution in [2.24, 2.45) is 0 Å². The molecule has 3 heteroatoms. The van der Waals surface area contributed by atoms with Gasteiger partial charge in [-0.2, -0.15) is 0 Å². The van der Waals surface area contributed by atoms with Crippen LogP contribution in [0, 0.1) is 0 Å². The summed E-state index contributed by atoms with van der Waals surface area (Å²) in [5.74, 6) is 0.174. The third-order valence-electron chi connectivity index (χ3n) is 2.69. The number of carbonyl (C=O) groups is 1. The van der Waals surface area contributed by atoms with Crippen molar-refractivity contribution < 1.29 is 14.3 Å². The molecule has 2 rings (SSSR count). The molecule has 1 aliphatic heterocycles. The molecular formula is C13H16O3. The van der Waals surface area contributed by atoms with Gasteiger partial charge in [-0.15, -0.1) is 0 Å².